The zero-order chi connectivity index (χ0) is 10.6. The van der Waals surface area contributed by atoms with Crippen LogP contribution in [-0.2, 0) is 0 Å². The van der Waals surface area contributed by atoms with E-state index >= 15 is 0 Å². The number of aliphatic imine (C=N–C) groups is 1. The summed E-state index contributed by atoms with van der Waals surface area (Å²) in [5.74, 6) is -0.487. The Bertz CT molecular complexity index is 421. The Morgan fingerprint density at radius 1 is 1.43 bits per heavy atom. The van der Waals surface area contributed by atoms with Gasteiger partial charge in [0.05, 0.1) is 0 Å². The Morgan fingerprint density at radius 2 is 2.00 bits per heavy atom. The Hall–Kier alpha value is -1.61. The molecule has 0 unspecified atom stereocenters. The second-order valence-corrected chi connectivity index (χ2v) is 2.70. The average molecular weight is 255 g/mol. The molecule has 70 valence electrons. The molecular formula is C8H4N2O3Se. The average Bonchev–Trinajstić information content (AvgIpc) is 2.18. The summed E-state index contributed by atoms with van der Waals surface area (Å²) in [6.07, 6.45) is 0. The van der Waals surface area contributed by atoms with Gasteiger partial charge in [0.25, 0.3) is 0 Å². The van der Waals surface area contributed by atoms with E-state index in [1.807, 2.05) is 0 Å². The van der Waals surface area contributed by atoms with E-state index in [0.717, 1.165) is 0 Å². The molecule has 0 aliphatic rings. The van der Waals surface area contributed by atoms with E-state index in [4.69, 9.17) is 0 Å². The minimum absolute atomic E-state index is 0.0578. The number of non-ortho nitro benzene ring substituents is 1. The predicted molar refractivity (Wildman–Crippen MR) is 50.6 cm³/mol. The van der Waals surface area contributed by atoms with Gasteiger partial charge in [-0.1, -0.05) is 0 Å². The zero-order valence-electron chi connectivity index (χ0n) is 6.84. The van der Waals surface area contributed by atoms with E-state index in [9.17, 15) is 14.9 Å². The van der Waals surface area contributed by atoms with Gasteiger partial charge in [0, 0.05) is 0 Å². The molecule has 0 heterocycles. The van der Waals surface area contributed by atoms with E-state index in [0.29, 0.717) is 5.56 Å². The van der Waals surface area contributed by atoms with Gasteiger partial charge in [-0.05, 0) is 0 Å². The van der Waals surface area contributed by atoms with Crippen molar-refractivity contribution < 1.29 is 9.72 Å². The first-order chi connectivity index (χ1) is 6.65. The predicted octanol–water partition coefficient (Wildman–Crippen LogP) is 0.809. The van der Waals surface area contributed by atoms with E-state index in [2.05, 4.69) is 25.3 Å². The van der Waals surface area contributed by atoms with Crippen molar-refractivity contribution in [1.29, 1.82) is 0 Å². The van der Waals surface area contributed by atoms with Gasteiger partial charge in [-0.2, -0.15) is 0 Å². The Morgan fingerprint density at radius 3 is 2.43 bits per heavy atom. The number of nitrogens with zero attached hydrogens (tertiary/aromatic N) is 2. The first-order valence-corrected chi connectivity index (χ1v) is 4.37. The molecule has 0 aromatic heterocycles. The molecule has 5 nitrogen and oxygen atoms in total. The van der Waals surface area contributed by atoms with Crippen molar-refractivity contribution in [1.82, 2.24) is 0 Å². The molecule has 1 amide bonds. The number of carbonyl (C=O) groups is 1. The third-order valence-electron chi connectivity index (χ3n) is 1.47. The summed E-state index contributed by atoms with van der Waals surface area (Å²) in [6, 6.07) is 5.20. The van der Waals surface area contributed by atoms with Crippen molar-refractivity contribution in [2.75, 3.05) is 0 Å². The maximum absolute atomic E-state index is 11.1. The van der Waals surface area contributed by atoms with Gasteiger partial charge in [0.2, 0.25) is 0 Å². The molecular weight excluding hydrogens is 251 g/mol. The van der Waals surface area contributed by atoms with Gasteiger partial charge in [-0.15, -0.1) is 0 Å². The number of hydrogen-bond donors (Lipinski definition) is 0. The number of rotatable bonds is 2. The molecule has 0 radical (unpaired) electrons. The van der Waals surface area contributed by atoms with Crippen LogP contribution >= 0.6 is 0 Å². The first-order valence-electron chi connectivity index (χ1n) is 3.52. The summed E-state index contributed by atoms with van der Waals surface area (Å²) in [5.41, 5.74) is 0.232. The van der Waals surface area contributed by atoms with Crippen molar-refractivity contribution >= 4 is 31.9 Å². The van der Waals surface area contributed by atoms with Crippen LogP contribution in [0.3, 0.4) is 0 Å². The Kier molecular flexibility index (Phi) is 3.42. The van der Waals surface area contributed by atoms with Crippen LogP contribution in [0.4, 0.5) is 5.69 Å². The number of hydrogen-bond acceptors (Lipinski definition) is 3. The summed E-state index contributed by atoms with van der Waals surface area (Å²) in [4.78, 5) is 24.2. The third kappa shape index (κ3) is 2.44. The third-order valence-corrected chi connectivity index (χ3v) is 1.66. The molecule has 0 saturated heterocycles. The molecule has 1 aromatic rings. The van der Waals surface area contributed by atoms with E-state index < -0.39 is 10.8 Å². The quantitative estimate of drug-likeness (QED) is 0.339. The monoisotopic (exact) mass is 256 g/mol. The van der Waals surface area contributed by atoms with Crippen LogP contribution in [0.25, 0.3) is 0 Å². The van der Waals surface area contributed by atoms with Crippen molar-refractivity contribution in [3.63, 3.8) is 0 Å². The van der Waals surface area contributed by atoms with E-state index in [1.165, 1.54) is 24.3 Å². The molecule has 6 heteroatoms. The molecule has 0 spiro atoms. The number of amides is 1. The van der Waals surface area contributed by atoms with Gasteiger partial charge in [-0.3, -0.25) is 0 Å². The summed E-state index contributed by atoms with van der Waals surface area (Å²) in [7, 11) is 0. The molecule has 1 rings (SSSR count). The van der Waals surface area contributed by atoms with Crippen LogP contribution in [0.15, 0.2) is 29.3 Å². The molecule has 0 N–H and O–H groups in total. The SMILES string of the molecule is O=C(N=C=[Se])c1ccc([N+](=O)[O-])cc1. The standard InChI is InChI=1S/C8H4N2O3Se/c11-8(9-5-14)6-1-3-7(4-2-6)10(12)13/h1-4H. The number of nitro groups is 1. The van der Waals surface area contributed by atoms with E-state index in [-0.39, 0.29) is 5.69 Å². The number of carbonyl (C=O) groups excluding carboxylic acids is 1. The topological polar surface area (TPSA) is 72.6 Å². The van der Waals surface area contributed by atoms with Crippen LogP contribution in [-0.4, -0.2) is 31.1 Å². The van der Waals surface area contributed by atoms with Crippen LogP contribution in [0, 0.1) is 10.1 Å². The van der Waals surface area contributed by atoms with Gasteiger partial charge < -0.3 is 0 Å². The fourth-order valence-corrected chi connectivity index (χ4v) is 1.01. The summed E-state index contributed by atoms with van der Waals surface area (Å²) in [6.45, 7) is 0. The van der Waals surface area contributed by atoms with Crippen molar-refractivity contribution in [3.05, 3.63) is 39.9 Å². The Balaban J connectivity index is 2.99. The Labute approximate surface area is 87.0 Å². The van der Waals surface area contributed by atoms with Gasteiger partial charge in [0.1, 0.15) is 0 Å². The van der Waals surface area contributed by atoms with Crippen molar-refractivity contribution in [2.45, 2.75) is 0 Å². The van der Waals surface area contributed by atoms with Gasteiger partial charge in [-0.25, -0.2) is 0 Å². The molecule has 0 bridgehead atoms. The minimum atomic E-state index is -0.531. The van der Waals surface area contributed by atoms with Crippen LogP contribution in [0.5, 0.6) is 0 Å². The van der Waals surface area contributed by atoms with Gasteiger partial charge in [0.15, 0.2) is 0 Å². The molecule has 0 aliphatic carbocycles. The molecule has 0 atom stereocenters. The van der Waals surface area contributed by atoms with Crippen molar-refractivity contribution in [3.8, 4) is 0 Å². The second kappa shape index (κ2) is 4.58. The molecule has 0 fully saturated rings. The summed E-state index contributed by atoms with van der Waals surface area (Å²) in [5, 5.41) is 10.3. The van der Waals surface area contributed by atoms with Gasteiger partial charge >= 0.3 is 86.5 Å². The summed E-state index contributed by atoms with van der Waals surface area (Å²) >= 11 is 2.33. The fraction of sp³-hybridized carbons (Fsp3) is 0. The molecule has 14 heavy (non-hydrogen) atoms. The summed E-state index contributed by atoms with van der Waals surface area (Å²) < 4.78 is 2.22. The second-order valence-electron chi connectivity index (χ2n) is 2.31. The van der Waals surface area contributed by atoms with Crippen molar-refractivity contribution in [2.24, 2.45) is 4.99 Å². The fourth-order valence-electron chi connectivity index (χ4n) is 0.832. The van der Waals surface area contributed by atoms with Crippen LogP contribution < -0.4 is 0 Å². The van der Waals surface area contributed by atoms with Crippen LogP contribution in [0.1, 0.15) is 10.4 Å². The van der Waals surface area contributed by atoms with E-state index in [1.54, 1.807) is 0 Å². The molecule has 0 aliphatic heterocycles. The number of benzene rings is 1. The molecule has 1 aromatic carbocycles. The maximum atomic E-state index is 11.1. The molecule has 0 saturated carbocycles. The first kappa shape index (κ1) is 10.5. The number of nitro benzene ring substituents is 1. The zero-order valence-corrected chi connectivity index (χ0v) is 8.55. The normalized spacial score (nSPS) is 8.86. The van der Waals surface area contributed by atoms with Crippen LogP contribution in [0.2, 0.25) is 0 Å².